The van der Waals surface area contributed by atoms with Gasteiger partial charge in [-0.3, -0.25) is 15.1 Å². The van der Waals surface area contributed by atoms with Gasteiger partial charge in [-0.1, -0.05) is 13.8 Å². The molecule has 5 nitrogen and oxygen atoms in total. The highest BCUT2D eigenvalue weighted by molar-refractivity contribution is 5.94. The molecule has 0 radical (unpaired) electrons. The number of amides is 1. The number of nitrogen functional groups attached to an aromatic ring is 1. The standard InChI is InChI=1S/C16H27N3O2/c1-11-14(15(20)18-17)9-13(21-11)10-19(4)12-5-7-16(2,3)8-6-12/h9,12H,5-8,10,17H2,1-4H3,(H,18,20). The Kier molecular flexibility index (Phi) is 4.74. The van der Waals surface area contributed by atoms with E-state index in [0.29, 0.717) is 22.8 Å². The van der Waals surface area contributed by atoms with Gasteiger partial charge in [0, 0.05) is 6.04 Å². The first kappa shape index (κ1) is 16.0. The SMILES string of the molecule is Cc1oc(CN(C)C2CCC(C)(C)CC2)cc1C(=O)NN. The third kappa shape index (κ3) is 3.86. The van der Waals surface area contributed by atoms with E-state index in [9.17, 15) is 4.79 Å². The zero-order chi connectivity index (χ0) is 15.6. The molecule has 1 aromatic rings. The number of carbonyl (C=O) groups is 1. The summed E-state index contributed by atoms with van der Waals surface area (Å²) in [6.45, 7) is 7.20. The fourth-order valence-corrected chi connectivity index (χ4v) is 3.12. The van der Waals surface area contributed by atoms with Crippen LogP contribution >= 0.6 is 0 Å². The summed E-state index contributed by atoms with van der Waals surface area (Å²) in [6, 6.07) is 2.39. The second-order valence-corrected chi connectivity index (χ2v) is 6.97. The zero-order valence-electron chi connectivity index (χ0n) is 13.5. The van der Waals surface area contributed by atoms with Crippen molar-refractivity contribution in [1.82, 2.24) is 10.3 Å². The highest BCUT2D eigenvalue weighted by Crippen LogP contribution is 2.36. The van der Waals surface area contributed by atoms with Gasteiger partial charge in [0.25, 0.3) is 5.91 Å². The lowest BCUT2D eigenvalue weighted by molar-refractivity contribution is 0.0952. The molecular formula is C16H27N3O2. The van der Waals surface area contributed by atoms with E-state index in [1.165, 1.54) is 25.7 Å². The lowest BCUT2D eigenvalue weighted by Gasteiger charge is -2.38. The molecule has 0 saturated heterocycles. The van der Waals surface area contributed by atoms with Gasteiger partial charge in [0.15, 0.2) is 0 Å². The monoisotopic (exact) mass is 293 g/mol. The number of aryl methyl sites for hydroxylation is 1. The fraction of sp³-hybridized carbons (Fsp3) is 0.688. The molecule has 1 fully saturated rings. The van der Waals surface area contributed by atoms with Gasteiger partial charge in [-0.2, -0.15) is 0 Å². The number of nitrogens with zero attached hydrogens (tertiary/aromatic N) is 1. The smallest absolute Gasteiger partial charge is 0.268 e. The van der Waals surface area contributed by atoms with Crippen LogP contribution in [0.1, 0.15) is 61.4 Å². The van der Waals surface area contributed by atoms with E-state index in [0.717, 1.165) is 12.3 Å². The van der Waals surface area contributed by atoms with Crippen LogP contribution in [0.4, 0.5) is 0 Å². The highest BCUT2D eigenvalue weighted by Gasteiger charge is 2.29. The molecule has 1 saturated carbocycles. The largest absolute Gasteiger partial charge is 0.464 e. The quantitative estimate of drug-likeness (QED) is 0.508. The number of nitrogens with one attached hydrogen (secondary N) is 1. The summed E-state index contributed by atoms with van der Waals surface area (Å²) in [4.78, 5) is 13.9. The summed E-state index contributed by atoms with van der Waals surface area (Å²) >= 11 is 0. The Morgan fingerprint density at radius 2 is 2.10 bits per heavy atom. The molecule has 0 spiro atoms. The minimum atomic E-state index is -0.301. The first-order valence-electron chi connectivity index (χ1n) is 7.63. The molecule has 0 aromatic carbocycles. The Morgan fingerprint density at radius 1 is 1.48 bits per heavy atom. The molecule has 5 heteroatoms. The minimum Gasteiger partial charge on any atom is -0.464 e. The topological polar surface area (TPSA) is 71.5 Å². The summed E-state index contributed by atoms with van der Waals surface area (Å²) in [6.07, 6.45) is 4.97. The van der Waals surface area contributed by atoms with Gasteiger partial charge < -0.3 is 4.42 Å². The van der Waals surface area contributed by atoms with Crippen LogP contribution in [-0.2, 0) is 6.54 Å². The minimum absolute atomic E-state index is 0.301. The molecule has 1 aliphatic rings. The second-order valence-electron chi connectivity index (χ2n) is 6.97. The van der Waals surface area contributed by atoms with Crippen molar-refractivity contribution in [3.63, 3.8) is 0 Å². The lowest BCUT2D eigenvalue weighted by atomic mass is 9.75. The molecule has 3 N–H and O–H groups in total. The van der Waals surface area contributed by atoms with E-state index in [2.05, 4.69) is 31.2 Å². The van der Waals surface area contributed by atoms with Crippen LogP contribution < -0.4 is 11.3 Å². The molecular weight excluding hydrogens is 266 g/mol. The van der Waals surface area contributed by atoms with Gasteiger partial charge in [0.1, 0.15) is 11.5 Å². The Balaban J connectivity index is 1.97. The molecule has 0 atom stereocenters. The number of rotatable bonds is 4. The van der Waals surface area contributed by atoms with E-state index in [4.69, 9.17) is 10.3 Å². The van der Waals surface area contributed by atoms with Gasteiger partial charge in [-0.05, 0) is 51.1 Å². The number of furan rings is 1. The van der Waals surface area contributed by atoms with Crippen molar-refractivity contribution >= 4 is 5.91 Å². The maximum atomic E-state index is 11.6. The van der Waals surface area contributed by atoms with Crippen molar-refractivity contribution in [1.29, 1.82) is 0 Å². The van der Waals surface area contributed by atoms with Crippen LogP contribution in [0.5, 0.6) is 0 Å². The normalized spacial score (nSPS) is 19.0. The van der Waals surface area contributed by atoms with Crippen LogP contribution in [0, 0.1) is 12.3 Å². The summed E-state index contributed by atoms with van der Waals surface area (Å²) in [5.41, 5.74) is 3.14. The van der Waals surface area contributed by atoms with Gasteiger partial charge >= 0.3 is 0 Å². The maximum absolute atomic E-state index is 11.6. The summed E-state index contributed by atoms with van der Waals surface area (Å²) < 4.78 is 5.68. The van der Waals surface area contributed by atoms with Gasteiger partial charge in [0.2, 0.25) is 0 Å². The van der Waals surface area contributed by atoms with Crippen molar-refractivity contribution in [2.45, 2.75) is 59.0 Å². The number of hydrogen-bond acceptors (Lipinski definition) is 4. The maximum Gasteiger partial charge on any atom is 0.268 e. The van der Waals surface area contributed by atoms with Crippen molar-refractivity contribution < 1.29 is 9.21 Å². The highest BCUT2D eigenvalue weighted by atomic mass is 16.3. The third-order valence-electron chi connectivity index (χ3n) is 4.68. The second kappa shape index (κ2) is 6.20. The van der Waals surface area contributed by atoms with Gasteiger partial charge in [-0.25, -0.2) is 5.84 Å². The molecule has 0 aliphatic heterocycles. The number of hydrazine groups is 1. The van der Waals surface area contributed by atoms with E-state index in [1.807, 2.05) is 0 Å². The van der Waals surface area contributed by atoms with E-state index >= 15 is 0 Å². The Morgan fingerprint density at radius 3 is 2.67 bits per heavy atom. The molecule has 2 rings (SSSR count). The number of carbonyl (C=O) groups excluding carboxylic acids is 1. The Bertz CT molecular complexity index is 498. The first-order chi connectivity index (χ1) is 9.82. The van der Waals surface area contributed by atoms with E-state index in [1.54, 1.807) is 13.0 Å². The van der Waals surface area contributed by atoms with Crippen LogP contribution in [0.15, 0.2) is 10.5 Å². The molecule has 0 bridgehead atoms. The average Bonchev–Trinajstić information content (AvgIpc) is 2.78. The van der Waals surface area contributed by atoms with Crippen LogP contribution in [0.25, 0.3) is 0 Å². The molecule has 0 unspecified atom stereocenters. The molecule has 1 aliphatic carbocycles. The molecule has 1 amide bonds. The average molecular weight is 293 g/mol. The zero-order valence-corrected chi connectivity index (χ0v) is 13.5. The number of nitrogens with two attached hydrogens (primary N) is 1. The van der Waals surface area contributed by atoms with E-state index in [-0.39, 0.29) is 5.91 Å². The van der Waals surface area contributed by atoms with Gasteiger partial charge in [0.05, 0.1) is 12.1 Å². The van der Waals surface area contributed by atoms with Gasteiger partial charge in [-0.15, -0.1) is 0 Å². The predicted octanol–water partition coefficient (Wildman–Crippen LogP) is 2.59. The molecule has 118 valence electrons. The first-order valence-corrected chi connectivity index (χ1v) is 7.63. The third-order valence-corrected chi connectivity index (χ3v) is 4.68. The summed E-state index contributed by atoms with van der Waals surface area (Å²) in [7, 11) is 2.13. The van der Waals surface area contributed by atoms with Crippen molar-refractivity contribution in [2.24, 2.45) is 11.3 Å². The molecule has 1 heterocycles. The Hall–Kier alpha value is -1.33. The van der Waals surface area contributed by atoms with Crippen molar-refractivity contribution in [3.8, 4) is 0 Å². The Labute approximate surface area is 126 Å². The number of hydrogen-bond donors (Lipinski definition) is 2. The predicted molar refractivity (Wildman–Crippen MR) is 82.6 cm³/mol. The van der Waals surface area contributed by atoms with Crippen LogP contribution in [0.3, 0.4) is 0 Å². The lowest BCUT2D eigenvalue weighted by Crippen LogP contribution is -2.36. The molecule has 1 aromatic heterocycles. The van der Waals surface area contributed by atoms with Crippen LogP contribution in [-0.4, -0.2) is 23.9 Å². The van der Waals surface area contributed by atoms with E-state index < -0.39 is 0 Å². The fourth-order valence-electron chi connectivity index (χ4n) is 3.12. The van der Waals surface area contributed by atoms with Crippen molar-refractivity contribution in [3.05, 3.63) is 23.2 Å². The van der Waals surface area contributed by atoms with Crippen molar-refractivity contribution in [2.75, 3.05) is 7.05 Å². The molecule has 21 heavy (non-hydrogen) atoms. The van der Waals surface area contributed by atoms with Crippen LogP contribution in [0.2, 0.25) is 0 Å². The summed E-state index contributed by atoms with van der Waals surface area (Å²) in [5.74, 6) is 6.31. The summed E-state index contributed by atoms with van der Waals surface area (Å²) in [5, 5.41) is 0.